The molecule has 0 aliphatic heterocycles. The van der Waals surface area contributed by atoms with Gasteiger partial charge < -0.3 is 47.8 Å². The van der Waals surface area contributed by atoms with Crippen molar-refractivity contribution in [2.24, 2.45) is 17.2 Å². The van der Waals surface area contributed by atoms with Gasteiger partial charge in [-0.2, -0.15) is 0 Å². The maximum absolute atomic E-state index is 9.20. The molecule has 0 radical (unpaired) electrons. The molecular formula is C57H99N3O6. The van der Waals surface area contributed by atoms with E-state index in [1.54, 1.807) is 0 Å². The van der Waals surface area contributed by atoms with E-state index in [1.165, 1.54) is 149 Å². The quantitative estimate of drug-likeness (QED) is 0.0255. The van der Waals surface area contributed by atoms with Gasteiger partial charge in [0.1, 0.15) is 0 Å². The number of aryl methyl sites for hydroxylation is 6. The lowest BCUT2D eigenvalue weighted by atomic mass is 9.93. The normalized spacial score (nSPS) is 11.8. The molecule has 0 aliphatic carbocycles. The standard InChI is InChI=1S/3C19H33NO2/c3*1-2-3-4-5-6-7-8-17-9-11-18(12-10-17)13-14-19(20,15-21)16-22/h3*9-12,21-22H,2-8,13-16,20H2,1H3. The Kier molecular flexibility index (Phi) is 35.5. The summed E-state index contributed by atoms with van der Waals surface area (Å²) >= 11 is 0. The number of nitrogens with two attached hydrogens (primary N) is 3. The lowest BCUT2D eigenvalue weighted by molar-refractivity contribution is 0.114. The van der Waals surface area contributed by atoms with Crippen LogP contribution < -0.4 is 17.2 Å². The summed E-state index contributed by atoms with van der Waals surface area (Å²) in [7, 11) is 0. The van der Waals surface area contributed by atoms with E-state index in [2.05, 4.69) is 93.6 Å². The number of aliphatic hydroxyl groups is 6. The predicted octanol–water partition coefficient (Wildman–Crippen LogP) is 9.61. The van der Waals surface area contributed by atoms with E-state index >= 15 is 0 Å². The fraction of sp³-hybridized carbons (Fsp3) is 0.684. The van der Waals surface area contributed by atoms with Crippen LogP contribution in [-0.4, -0.2) is 86.9 Å². The maximum atomic E-state index is 9.20. The third-order valence-corrected chi connectivity index (χ3v) is 13.1. The molecule has 0 heterocycles. The van der Waals surface area contributed by atoms with Gasteiger partial charge >= 0.3 is 0 Å². The van der Waals surface area contributed by atoms with Crippen molar-refractivity contribution in [3.63, 3.8) is 0 Å². The van der Waals surface area contributed by atoms with E-state index in [1.807, 2.05) is 0 Å². The Labute approximate surface area is 403 Å². The predicted molar refractivity (Wildman–Crippen MR) is 279 cm³/mol. The molecule has 0 spiro atoms. The summed E-state index contributed by atoms with van der Waals surface area (Å²) in [5.74, 6) is 0. The van der Waals surface area contributed by atoms with Gasteiger partial charge in [0, 0.05) is 0 Å². The molecule has 3 aromatic carbocycles. The Morgan fingerprint density at radius 2 is 0.439 bits per heavy atom. The second-order valence-electron chi connectivity index (χ2n) is 19.5. The molecule has 0 atom stereocenters. The zero-order chi connectivity index (χ0) is 48.8. The first kappa shape index (κ1) is 61.3. The highest BCUT2D eigenvalue weighted by Crippen LogP contribution is 2.18. The molecule has 0 amide bonds. The fourth-order valence-corrected chi connectivity index (χ4v) is 7.75. The highest BCUT2D eigenvalue weighted by atomic mass is 16.3. The van der Waals surface area contributed by atoms with Crippen molar-refractivity contribution in [3.05, 3.63) is 106 Å². The van der Waals surface area contributed by atoms with E-state index in [0.717, 1.165) is 38.5 Å². The Hall–Kier alpha value is -2.70. The summed E-state index contributed by atoms with van der Waals surface area (Å²) in [5, 5.41) is 55.2. The number of hydrogen-bond acceptors (Lipinski definition) is 9. The minimum absolute atomic E-state index is 0.181. The van der Waals surface area contributed by atoms with Gasteiger partial charge in [-0.1, -0.05) is 190 Å². The highest BCUT2D eigenvalue weighted by molar-refractivity contribution is 5.25. The third kappa shape index (κ3) is 29.2. The zero-order valence-corrected chi connectivity index (χ0v) is 42.2. The second-order valence-corrected chi connectivity index (χ2v) is 19.5. The molecule has 0 unspecified atom stereocenters. The molecule has 0 saturated heterocycles. The number of aliphatic hydroxyl groups excluding tert-OH is 6. The van der Waals surface area contributed by atoms with Gasteiger partial charge in [0.25, 0.3) is 0 Å². The van der Waals surface area contributed by atoms with E-state index in [9.17, 15) is 30.6 Å². The van der Waals surface area contributed by atoms with Crippen molar-refractivity contribution < 1.29 is 30.6 Å². The Bertz CT molecular complexity index is 1340. The van der Waals surface area contributed by atoms with Crippen LogP contribution in [0.1, 0.15) is 189 Å². The molecule has 3 rings (SSSR count). The first-order valence-corrected chi connectivity index (χ1v) is 26.2. The molecule has 9 heteroatoms. The van der Waals surface area contributed by atoms with Gasteiger partial charge in [-0.15, -0.1) is 0 Å². The average molecular weight is 922 g/mol. The maximum Gasteiger partial charge on any atom is 0.0633 e. The monoisotopic (exact) mass is 922 g/mol. The number of hydrogen-bond donors (Lipinski definition) is 9. The van der Waals surface area contributed by atoms with Crippen LogP contribution in [0.3, 0.4) is 0 Å². The summed E-state index contributed by atoms with van der Waals surface area (Å²) < 4.78 is 0. The molecule has 0 aliphatic rings. The van der Waals surface area contributed by atoms with Crippen molar-refractivity contribution >= 4 is 0 Å². The molecule has 12 N–H and O–H groups in total. The average Bonchev–Trinajstić information content (AvgIpc) is 3.36. The van der Waals surface area contributed by atoms with Crippen LogP contribution in [0.5, 0.6) is 0 Å². The third-order valence-electron chi connectivity index (χ3n) is 13.1. The van der Waals surface area contributed by atoms with Crippen molar-refractivity contribution in [2.45, 2.75) is 211 Å². The summed E-state index contributed by atoms with van der Waals surface area (Å²) in [4.78, 5) is 0. The van der Waals surface area contributed by atoms with Crippen LogP contribution in [0.2, 0.25) is 0 Å². The van der Waals surface area contributed by atoms with Gasteiger partial charge in [0.05, 0.1) is 56.3 Å². The van der Waals surface area contributed by atoms with Crippen LogP contribution in [0.25, 0.3) is 0 Å². The van der Waals surface area contributed by atoms with E-state index in [-0.39, 0.29) is 39.6 Å². The molecule has 0 saturated carbocycles. The number of benzene rings is 3. The van der Waals surface area contributed by atoms with Crippen molar-refractivity contribution in [1.29, 1.82) is 0 Å². The van der Waals surface area contributed by atoms with E-state index < -0.39 is 16.6 Å². The molecule has 3 aromatic rings. The van der Waals surface area contributed by atoms with Crippen molar-refractivity contribution in [3.8, 4) is 0 Å². The fourth-order valence-electron chi connectivity index (χ4n) is 7.75. The van der Waals surface area contributed by atoms with Crippen LogP contribution in [0, 0.1) is 0 Å². The zero-order valence-electron chi connectivity index (χ0n) is 42.2. The summed E-state index contributed by atoms with van der Waals surface area (Å²) in [6.45, 7) is 5.66. The smallest absolute Gasteiger partial charge is 0.0633 e. The molecular weight excluding hydrogens is 823 g/mol. The van der Waals surface area contributed by atoms with Gasteiger partial charge in [-0.3, -0.25) is 0 Å². The minimum atomic E-state index is -0.864. The van der Waals surface area contributed by atoms with Crippen molar-refractivity contribution in [2.75, 3.05) is 39.6 Å². The minimum Gasteiger partial charge on any atom is -0.394 e. The molecule has 66 heavy (non-hydrogen) atoms. The highest BCUT2D eigenvalue weighted by Gasteiger charge is 2.24. The molecule has 0 bridgehead atoms. The van der Waals surface area contributed by atoms with Crippen LogP contribution in [-0.2, 0) is 38.5 Å². The van der Waals surface area contributed by atoms with Crippen LogP contribution >= 0.6 is 0 Å². The Balaban J connectivity index is 0.000000495. The van der Waals surface area contributed by atoms with E-state index in [0.29, 0.717) is 19.3 Å². The van der Waals surface area contributed by atoms with Crippen LogP contribution in [0.15, 0.2) is 72.8 Å². The molecule has 0 aromatic heterocycles. The van der Waals surface area contributed by atoms with Gasteiger partial charge in [0.15, 0.2) is 0 Å². The van der Waals surface area contributed by atoms with Crippen LogP contribution in [0.4, 0.5) is 0 Å². The second kappa shape index (κ2) is 38.2. The topological polar surface area (TPSA) is 199 Å². The van der Waals surface area contributed by atoms with Gasteiger partial charge in [-0.25, -0.2) is 0 Å². The first-order chi connectivity index (χ1) is 31.9. The Morgan fingerprint density at radius 1 is 0.273 bits per heavy atom. The van der Waals surface area contributed by atoms with Crippen molar-refractivity contribution in [1.82, 2.24) is 0 Å². The van der Waals surface area contributed by atoms with E-state index in [4.69, 9.17) is 17.2 Å². The number of unbranched alkanes of at least 4 members (excludes halogenated alkanes) is 15. The summed E-state index contributed by atoms with van der Waals surface area (Å²) in [5.41, 5.74) is 22.9. The molecule has 378 valence electrons. The van der Waals surface area contributed by atoms with Gasteiger partial charge in [0.2, 0.25) is 0 Å². The lowest BCUT2D eigenvalue weighted by Gasteiger charge is -2.24. The largest absolute Gasteiger partial charge is 0.394 e. The first-order valence-electron chi connectivity index (χ1n) is 26.2. The Morgan fingerprint density at radius 3 is 0.621 bits per heavy atom. The van der Waals surface area contributed by atoms with Gasteiger partial charge in [-0.05, 0) is 110 Å². The SMILES string of the molecule is CCCCCCCCc1ccc(CCC(N)(CO)CO)cc1.CCCCCCCCc1ccc(CCC(N)(CO)CO)cc1.CCCCCCCCc1ccc(CCC(N)(CO)CO)cc1. The summed E-state index contributed by atoms with van der Waals surface area (Å²) in [6, 6.07) is 26.0. The molecule has 0 fully saturated rings. The molecule has 9 nitrogen and oxygen atoms in total. The number of rotatable bonds is 36. The lowest BCUT2D eigenvalue weighted by Crippen LogP contribution is -2.47. The summed E-state index contributed by atoms with van der Waals surface area (Å²) in [6.07, 6.45) is 31.5.